The quantitative estimate of drug-likeness (QED) is 0.531. The zero-order valence-corrected chi connectivity index (χ0v) is 7.72. The first-order valence-corrected chi connectivity index (χ1v) is 3.98. The van der Waals surface area contributed by atoms with Crippen LogP contribution in [0.4, 0.5) is 13.2 Å². The summed E-state index contributed by atoms with van der Waals surface area (Å²) in [6, 6.07) is 4.30. The molecular formula is C10H6F3NO. The van der Waals surface area contributed by atoms with Crippen LogP contribution >= 0.6 is 0 Å². The molecule has 0 bridgehead atoms. The molecule has 0 aromatic heterocycles. The second kappa shape index (κ2) is 3.73. The van der Waals surface area contributed by atoms with Crippen molar-refractivity contribution in [2.45, 2.75) is 13.1 Å². The number of Topliss-reactive ketones (excluding diaryl/α,β-unsaturated/α-hetero) is 1. The molecule has 0 fully saturated rings. The summed E-state index contributed by atoms with van der Waals surface area (Å²) in [6.07, 6.45) is -4.62. The molecule has 0 aliphatic carbocycles. The topological polar surface area (TPSA) is 40.9 Å². The molecule has 1 aromatic carbocycles. The molecule has 0 aliphatic heterocycles. The minimum Gasteiger partial charge on any atom is -0.277 e. The Morgan fingerprint density at radius 1 is 1.40 bits per heavy atom. The zero-order valence-electron chi connectivity index (χ0n) is 7.72. The van der Waals surface area contributed by atoms with E-state index >= 15 is 0 Å². The van der Waals surface area contributed by atoms with Crippen LogP contribution in [0, 0.1) is 18.3 Å². The molecule has 78 valence electrons. The number of rotatable bonds is 1. The lowest BCUT2D eigenvalue weighted by Gasteiger charge is -2.10. The Labute approximate surface area is 83.9 Å². The number of halogens is 3. The van der Waals surface area contributed by atoms with Crippen molar-refractivity contribution in [1.29, 1.82) is 5.26 Å². The van der Waals surface area contributed by atoms with Crippen molar-refractivity contribution < 1.29 is 18.0 Å². The first-order valence-electron chi connectivity index (χ1n) is 3.98. The van der Waals surface area contributed by atoms with Crippen molar-refractivity contribution in [3.8, 4) is 6.07 Å². The van der Waals surface area contributed by atoms with Crippen LogP contribution in [0.3, 0.4) is 0 Å². The molecule has 0 heterocycles. The molecule has 0 atom stereocenters. The minimum atomic E-state index is -4.62. The van der Waals surface area contributed by atoms with Crippen molar-refractivity contribution in [1.82, 2.24) is 0 Å². The number of benzene rings is 1. The molecule has 0 unspecified atom stereocenters. The minimum absolute atomic E-state index is 0.501. The Morgan fingerprint density at radius 3 is 2.47 bits per heavy atom. The lowest BCUT2D eigenvalue weighted by Crippen LogP contribution is -2.12. The highest BCUT2D eigenvalue weighted by Crippen LogP contribution is 2.32. The molecule has 0 aliphatic rings. The Morgan fingerprint density at radius 2 is 2.00 bits per heavy atom. The van der Waals surface area contributed by atoms with E-state index in [1.807, 2.05) is 0 Å². The second-order valence-corrected chi connectivity index (χ2v) is 2.99. The highest BCUT2D eigenvalue weighted by atomic mass is 19.4. The number of alkyl halides is 3. The van der Waals surface area contributed by atoms with Crippen LogP contribution in [0.15, 0.2) is 18.2 Å². The average molecular weight is 213 g/mol. The van der Waals surface area contributed by atoms with Gasteiger partial charge in [-0.25, -0.2) is 0 Å². The van der Waals surface area contributed by atoms with Gasteiger partial charge in [0.1, 0.15) is 6.07 Å². The maximum Gasteiger partial charge on any atom is 0.417 e. The van der Waals surface area contributed by atoms with Crippen LogP contribution in [0.25, 0.3) is 0 Å². The molecule has 0 saturated carbocycles. The lowest BCUT2D eigenvalue weighted by molar-refractivity contribution is -0.137. The molecule has 5 heteroatoms. The SMILES string of the molecule is Cc1ccc(C(F)(F)F)c(C(=O)C#N)c1. The molecule has 0 amide bonds. The summed E-state index contributed by atoms with van der Waals surface area (Å²) in [5, 5.41) is 8.30. The van der Waals surface area contributed by atoms with Crippen molar-refractivity contribution in [3.63, 3.8) is 0 Å². The molecule has 1 aromatic rings. The van der Waals surface area contributed by atoms with Crippen LogP contribution in [0.2, 0.25) is 0 Å². The van der Waals surface area contributed by atoms with Crippen molar-refractivity contribution in [2.75, 3.05) is 0 Å². The van der Waals surface area contributed by atoms with E-state index in [4.69, 9.17) is 5.26 Å². The van der Waals surface area contributed by atoms with E-state index in [9.17, 15) is 18.0 Å². The first kappa shape index (κ1) is 11.2. The van der Waals surface area contributed by atoms with Crippen LogP contribution in [0.5, 0.6) is 0 Å². The van der Waals surface area contributed by atoms with Crippen LogP contribution < -0.4 is 0 Å². The van der Waals surface area contributed by atoms with Crippen LogP contribution in [0.1, 0.15) is 21.5 Å². The summed E-state index contributed by atoms with van der Waals surface area (Å²) < 4.78 is 37.2. The number of ketones is 1. The molecular weight excluding hydrogens is 207 g/mol. The predicted molar refractivity (Wildman–Crippen MR) is 46.1 cm³/mol. The smallest absolute Gasteiger partial charge is 0.277 e. The molecule has 0 saturated heterocycles. The molecule has 0 spiro atoms. The number of carbonyl (C=O) groups is 1. The van der Waals surface area contributed by atoms with E-state index in [-0.39, 0.29) is 0 Å². The van der Waals surface area contributed by atoms with Gasteiger partial charge in [0, 0.05) is 5.56 Å². The number of nitrogens with zero attached hydrogens (tertiary/aromatic N) is 1. The molecule has 2 nitrogen and oxygen atoms in total. The summed E-state index contributed by atoms with van der Waals surface area (Å²) in [4.78, 5) is 11.0. The number of hydrogen-bond acceptors (Lipinski definition) is 2. The van der Waals surface area contributed by atoms with Gasteiger partial charge in [0.25, 0.3) is 5.78 Å². The third kappa shape index (κ3) is 2.34. The van der Waals surface area contributed by atoms with E-state index in [1.165, 1.54) is 12.1 Å². The Hall–Kier alpha value is -1.83. The molecule has 0 N–H and O–H groups in total. The fourth-order valence-corrected chi connectivity index (χ4v) is 1.15. The third-order valence-corrected chi connectivity index (χ3v) is 1.83. The highest BCUT2D eigenvalue weighted by Gasteiger charge is 2.34. The van der Waals surface area contributed by atoms with E-state index in [0.717, 1.165) is 12.1 Å². The fraction of sp³-hybridized carbons (Fsp3) is 0.200. The average Bonchev–Trinajstić information content (AvgIpc) is 2.14. The molecule has 1 rings (SSSR count). The molecule has 15 heavy (non-hydrogen) atoms. The summed E-state index contributed by atoms with van der Waals surface area (Å²) >= 11 is 0. The first-order chi connectivity index (χ1) is 6.86. The summed E-state index contributed by atoms with van der Waals surface area (Å²) in [5.41, 5.74) is -1.16. The number of carbonyl (C=O) groups excluding carboxylic acids is 1. The Balaban J connectivity index is 3.41. The zero-order chi connectivity index (χ0) is 11.6. The van der Waals surface area contributed by atoms with Gasteiger partial charge in [-0.1, -0.05) is 11.6 Å². The van der Waals surface area contributed by atoms with E-state index < -0.39 is 23.1 Å². The van der Waals surface area contributed by atoms with Gasteiger partial charge in [-0.2, -0.15) is 18.4 Å². The fourth-order valence-electron chi connectivity index (χ4n) is 1.15. The monoisotopic (exact) mass is 213 g/mol. The van der Waals surface area contributed by atoms with Crippen molar-refractivity contribution >= 4 is 5.78 Å². The van der Waals surface area contributed by atoms with Crippen LogP contribution in [-0.2, 0) is 6.18 Å². The Bertz CT molecular complexity index is 443. The maximum absolute atomic E-state index is 12.4. The van der Waals surface area contributed by atoms with E-state index in [2.05, 4.69) is 0 Å². The third-order valence-electron chi connectivity index (χ3n) is 1.83. The summed E-state index contributed by atoms with van der Waals surface area (Å²) in [6.45, 7) is 1.55. The van der Waals surface area contributed by atoms with Gasteiger partial charge < -0.3 is 0 Å². The van der Waals surface area contributed by atoms with E-state index in [0.29, 0.717) is 5.56 Å². The normalized spacial score (nSPS) is 10.9. The van der Waals surface area contributed by atoms with E-state index in [1.54, 1.807) is 6.92 Å². The second-order valence-electron chi connectivity index (χ2n) is 2.99. The van der Waals surface area contributed by atoms with Crippen LogP contribution in [-0.4, -0.2) is 5.78 Å². The predicted octanol–water partition coefficient (Wildman–Crippen LogP) is 2.72. The lowest BCUT2D eigenvalue weighted by atomic mass is 10.0. The van der Waals surface area contributed by atoms with Gasteiger partial charge in [-0.3, -0.25) is 4.79 Å². The van der Waals surface area contributed by atoms with Crippen molar-refractivity contribution in [2.24, 2.45) is 0 Å². The van der Waals surface area contributed by atoms with Gasteiger partial charge in [0.05, 0.1) is 5.56 Å². The van der Waals surface area contributed by atoms with Gasteiger partial charge in [0.15, 0.2) is 0 Å². The summed E-state index contributed by atoms with van der Waals surface area (Å²) in [5.74, 6) is -1.17. The van der Waals surface area contributed by atoms with Gasteiger partial charge >= 0.3 is 6.18 Å². The molecule has 0 radical (unpaired) electrons. The largest absolute Gasteiger partial charge is 0.417 e. The van der Waals surface area contributed by atoms with Gasteiger partial charge in [-0.05, 0) is 19.1 Å². The Kier molecular flexibility index (Phi) is 2.80. The highest BCUT2D eigenvalue weighted by molar-refractivity contribution is 6.08. The number of hydrogen-bond donors (Lipinski definition) is 0. The number of aryl methyl sites for hydroxylation is 1. The maximum atomic E-state index is 12.4. The van der Waals surface area contributed by atoms with Gasteiger partial charge in [-0.15, -0.1) is 0 Å². The number of nitriles is 1. The van der Waals surface area contributed by atoms with Gasteiger partial charge in [0.2, 0.25) is 0 Å². The standard InChI is InChI=1S/C10H6F3NO/c1-6-2-3-8(10(11,12)13)7(4-6)9(15)5-14/h2-4H,1H3. The summed E-state index contributed by atoms with van der Waals surface area (Å²) in [7, 11) is 0. The van der Waals surface area contributed by atoms with Crippen molar-refractivity contribution in [3.05, 3.63) is 34.9 Å².